The first-order chi connectivity index (χ1) is 16.3. The van der Waals surface area contributed by atoms with Gasteiger partial charge in [0.15, 0.2) is 9.84 Å². The van der Waals surface area contributed by atoms with Crippen LogP contribution in [0.25, 0.3) is 0 Å². The Balaban J connectivity index is 2.14. The summed E-state index contributed by atoms with van der Waals surface area (Å²) >= 11 is 0. The molecule has 0 aliphatic rings. The van der Waals surface area contributed by atoms with E-state index in [2.05, 4.69) is 5.32 Å². The molecule has 2 aromatic carbocycles. The third-order valence-corrected chi connectivity index (χ3v) is 6.50. The lowest BCUT2D eigenvalue weighted by Crippen LogP contribution is -2.48. The Morgan fingerprint density at radius 2 is 1.46 bits per heavy atom. The third kappa shape index (κ3) is 10.6. The van der Waals surface area contributed by atoms with E-state index in [0.29, 0.717) is 0 Å². The van der Waals surface area contributed by atoms with Crippen LogP contribution in [0.3, 0.4) is 0 Å². The maximum absolute atomic E-state index is 12.9. The lowest BCUT2D eigenvalue weighted by atomic mass is 10.0. The van der Waals surface area contributed by atoms with E-state index in [4.69, 9.17) is 9.47 Å². The van der Waals surface area contributed by atoms with Crippen molar-refractivity contribution < 1.29 is 37.4 Å². The van der Waals surface area contributed by atoms with Crippen molar-refractivity contribution >= 4 is 27.9 Å². The van der Waals surface area contributed by atoms with Crippen molar-refractivity contribution in [3.63, 3.8) is 0 Å². The van der Waals surface area contributed by atoms with E-state index >= 15 is 0 Å². The van der Waals surface area contributed by atoms with Gasteiger partial charge < -0.3 is 19.9 Å². The molecule has 0 fully saturated rings. The number of sulfone groups is 1. The molecule has 0 spiro atoms. The summed E-state index contributed by atoms with van der Waals surface area (Å²) in [5.41, 5.74) is 0.579. The van der Waals surface area contributed by atoms with Crippen molar-refractivity contribution in [3.05, 3.63) is 71.8 Å². The van der Waals surface area contributed by atoms with E-state index in [1.54, 1.807) is 75.4 Å². The van der Waals surface area contributed by atoms with Gasteiger partial charge in [-0.25, -0.2) is 18.0 Å². The first-order valence-electron chi connectivity index (χ1n) is 11.0. The van der Waals surface area contributed by atoms with Crippen molar-refractivity contribution in [2.75, 3.05) is 11.5 Å². The number of esters is 1. The highest BCUT2D eigenvalue weighted by Crippen LogP contribution is 2.16. The average molecular weight is 506 g/mol. The van der Waals surface area contributed by atoms with Crippen LogP contribution in [0.5, 0.6) is 0 Å². The van der Waals surface area contributed by atoms with Crippen LogP contribution in [-0.2, 0) is 41.9 Å². The smallest absolute Gasteiger partial charge is 0.408 e. The molecule has 0 aromatic heterocycles. The van der Waals surface area contributed by atoms with Gasteiger partial charge in [-0.3, -0.25) is 4.79 Å². The fraction of sp³-hybridized carbons (Fsp3) is 0.400. The molecule has 9 nitrogen and oxygen atoms in total. The summed E-state index contributed by atoms with van der Waals surface area (Å²) in [5.74, 6) is -4.87. The number of benzene rings is 2. The summed E-state index contributed by atoms with van der Waals surface area (Å²) in [6.07, 6.45) is -0.964. The number of rotatable bonds is 11. The molecule has 2 atom stereocenters. The van der Waals surface area contributed by atoms with E-state index in [0.717, 1.165) is 11.1 Å². The molecule has 2 N–H and O–H groups in total. The van der Waals surface area contributed by atoms with Crippen LogP contribution in [0, 0.1) is 5.92 Å². The van der Waals surface area contributed by atoms with Crippen LogP contribution in [0.4, 0.5) is 4.79 Å². The lowest BCUT2D eigenvalue weighted by Gasteiger charge is -2.22. The summed E-state index contributed by atoms with van der Waals surface area (Å²) in [6.45, 7) is 4.75. The highest BCUT2D eigenvalue weighted by Gasteiger charge is 2.33. The summed E-state index contributed by atoms with van der Waals surface area (Å²) in [7, 11) is -4.11. The van der Waals surface area contributed by atoms with Crippen LogP contribution in [-0.4, -0.2) is 54.7 Å². The number of amides is 1. The average Bonchev–Trinajstić information content (AvgIpc) is 2.76. The van der Waals surface area contributed by atoms with Crippen molar-refractivity contribution in [1.29, 1.82) is 0 Å². The molecule has 1 amide bonds. The zero-order valence-corrected chi connectivity index (χ0v) is 20.8. The zero-order valence-electron chi connectivity index (χ0n) is 20.0. The molecule has 35 heavy (non-hydrogen) atoms. The fourth-order valence-corrected chi connectivity index (χ4v) is 4.95. The molecular formula is C25H31NO8S. The van der Waals surface area contributed by atoms with Crippen molar-refractivity contribution in [2.45, 2.75) is 45.4 Å². The Kier molecular flexibility index (Phi) is 9.82. The minimum atomic E-state index is -4.11. The van der Waals surface area contributed by atoms with E-state index < -0.39 is 56.9 Å². The zero-order chi connectivity index (χ0) is 26.1. The van der Waals surface area contributed by atoms with Gasteiger partial charge in [-0.15, -0.1) is 0 Å². The van der Waals surface area contributed by atoms with Crippen LogP contribution < -0.4 is 5.32 Å². The second-order valence-corrected chi connectivity index (χ2v) is 11.2. The van der Waals surface area contributed by atoms with Crippen LogP contribution in [0.2, 0.25) is 0 Å². The van der Waals surface area contributed by atoms with Gasteiger partial charge in [0.2, 0.25) is 0 Å². The fourth-order valence-electron chi connectivity index (χ4n) is 3.21. The molecule has 0 aliphatic carbocycles. The number of carboxylic acids is 1. The molecule has 190 valence electrons. The van der Waals surface area contributed by atoms with Crippen LogP contribution in [0.1, 0.15) is 31.9 Å². The van der Waals surface area contributed by atoms with Crippen LogP contribution in [0.15, 0.2) is 60.7 Å². The number of aliphatic carboxylic acids is 1. The normalized spacial score (nSPS) is 13.3. The van der Waals surface area contributed by atoms with E-state index in [1.165, 1.54) is 0 Å². The number of hydrogen-bond donors (Lipinski definition) is 2. The van der Waals surface area contributed by atoms with E-state index in [9.17, 15) is 27.9 Å². The minimum absolute atomic E-state index is 0.0248. The minimum Gasteiger partial charge on any atom is -0.480 e. The van der Waals surface area contributed by atoms with Gasteiger partial charge in [0, 0.05) is 0 Å². The molecule has 0 heterocycles. The summed E-state index contributed by atoms with van der Waals surface area (Å²) in [6, 6.07) is 16.0. The molecule has 0 saturated heterocycles. The number of carboxylic acid groups (broad SMARTS) is 1. The Hall–Kier alpha value is -3.40. The second-order valence-electron chi connectivity index (χ2n) is 9.09. The standard InChI is InChI=1S/C25H31NO8S/c1-25(2,3)34-24(30)26-21(22(27)28)17-35(31,32)16-20(14-18-10-6-4-7-11-18)23(29)33-15-19-12-8-5-9-13-19/h4-13,20-21H,14-17H2,1-3H3,(H,26,30)(H,27,28)/t20?,21-/m1/s1. The molecule has 10 heteroatoms. The van der Waals surface area contributed by atoms with Gasteiger partial charge in [-0.1, -0.05) is 60.7 Å². The van der Waals surface area contributed by atoms with E-state index in [-0.39, 0.29) is 13.0 Å². The summed E-state index contributed by atoms with van der Waals surface area (Å²) in [4.78, 5) is 36.5. The topological polar surface area (TPSA) is 136 Å². The number of carbonyl (C=O) groups excluding carboxylic acids is 2. The van der Waals surface area contributed by atoms with Gasteiger partial charge in [0.05, 0.1) is 17.4 Å². The number of ether oxygens (including phenoxy) is 2. The molecule has 0 radical (unpaired) electrons. The maximum Gasteiger partial charge on any atom is 0.408 e. The Bertz CT molecular complexity index is 1100. The molecule has 0 bridgehead atoms. The van der Waals surface area contributed by atoms with Gasteiger partial charge in [0.25, 0.3) is 0 Å². The van der Waals surface area contributed by atoms with Gasteiger partial charge in [-0.05, 0) is 38.3 Å². The number of alkyl carbamates (subject to hydrolysis) is 1. The molecule has 0 saturated carbocycles. The maximum atomic E-state index is 12.9. The predicted octanol–water partition coefficient (Wildman–Crippen LogP) is 2.98. The summed E-state index contributed by atoms with van der Waals surface area (Å²) in [5, 5.41) is 11.5. The van der Waals surface area contributed by atoms with Gasteiger partial charge in [0.1, 0.15) is 18.2 Å². The summed E-state index contributed by atoms with van der Waals surface area (Å²) < 4.78 is 36.3. The molecular weight excluding hydrogens is 474 g/mol. The Morgan fingerprint density at radius 1 is 0.914 bits per heavy atom. The Labute approximate surface area is 205 Å². The molecule has 2 aromatic rings. The van der Waals surface area contributed by atoms with Gasteiger partial charge in [-0.2, -0.15) is 0 Å². The molecule has 1 unspecified atom stereocenters. The van der Waals surface area contributed by atoms with Crippen molar-refractivity contribution in [2.24, 2.45) is 5.92 Å². The SMILES string of the molecule is CC(C)(C)OC(=O)N[C@H](CS(=O)(=O)CC(Cc1ccccc1)C(=O)OCc1ccccc1)C(=O)O. The van der Waals surface area contributed by atoms with Crippen molar-refractivity contribution in [3.8, 4) is 0 Å². The monoisotopic (exact) mass is 505 g/mol. The third-order valence-electron chi connectivity index (χ3n) is 4.75. The first kappa shape index (κ1) is 27.8. The lowest BCUT2D eigenvalue weighted by molar-refractivity contribution is -0.149. The van der Waals surface area contributed by atoms with E-state index in [1.807, 2.05) is 6.07 Å². The van der Waals surface area contributed by atoms with Gasteiger partial charge >= 0.3 is 18.0 Å². The highest BCUT2D eigenvalue weighted by molar-refractivity contribution is 7.91. The molecule has 0 aliphatic heterocycles. The largest absolute Gasteiger partial charge is 0.480 e. The number of hydrogen-bond acceptors (Lipinski definition) is 7. The predicted molar refractivity (Wildman–Crippen MR) is 129 cm³/mol. The molecule has 2 rings (SSSR count). The number of nitrogens with one attached hydrogen (secondary N) is 1. The highest BCUT2D eigenvalue weighted by atomic mass is 32.2. The van der Waals surface area contributed by atoms with Crippen molar-refractivity contribution in [1.82, 2.24) is 5.32 Å². The quantitative estimate of drug-likeness (QED) is 0.445. The van der Waals surface area contributed by atoms with Crippen LogP contribution >= 0.6 is 0 Å². The Morgan fingerprint density at radius 3 is 1.97 bits per heavy atom. The first-order valence-corrected chi connectivity index (χ1v) is 12.8. The number of carbonyl (C=O) groups is 3. The second kappa shape index (κ2) is 12.3.